The molecule has 0 aliphatic heterocycles. The first-order chi connectivity index (χ1) is 29.5. The minimum atomic E-state index is -0.784. The topological polar surface area (TPSA) is 95.9 Å². The van der Waals surface area contributed by atoms with Gasteiger partial charge in [-0.05, 0) is 51.4 Å². The van der Waals surface area contributed by atoms with Gasteiger partial charge in [-0.15, -0.1) is 0 Å². The lowest BCUT2D eigenvalue weighted by Crippen LogP contribution is -2.46. The summed E-state index contributed by atoms with van der Waals surface area (Å²) in [6.07, 6.45) is 55.2. The maximum Gasteiger partial charge on any atom is 0.306 e. The van der Waals surface area contributed by atoms with Crippen LogP contribution in [0.4, 0.5) is 0 Å². The first-order valence-corrected chi connectivity index (χ1v) is 26.6. The van der Waals surface area contributed by atoms with E-state index in [0.717, 1.165) is 51.4 Å². The molecule has 0 aliphatic rings. The van der Waals surface area contributed by atoms with Crippen LogP contribution in [0.15, 0.2) is 24.3 Å². The number of unbranched alkanes of at least 4 members (excludes halogenated alkanes) is 33. The molecular weight excluding hydrogens is 743 g/mol. The van der Waals surface area contributed by atoms with E-state index in [1.807, 2.05) is 0 Å². The molecule has 0 aromatic carbocycles. The summed E-state index contributed by atoms with van der Waals surface area (Å²) >= 11 is 0. The van der Waals surface area contributed by atoms with E-state index in [4.69, 9.17) is 4.74 Å². The van der Waals surface area contributed by atoms with Gasteiger partial charge >= 0.3 is 5.97 Å². The zero-order chi connectivity index (χ0) is 43.8. The average Bonchev–Trinajstić information content (AvgIpc) is 3.24. The number of rotatable bonds is 48. The Balaban J connectivity index is 4.56. The molecule has 3 unspecified atom stereocenters. The highest BCUT2D eigenvalue weighted by molar-refractivity contribution is 5.77. The number of allylic oxidation sites excluding steroid dienone is 4. The Morgan fingerprint density at radius 2 is 0.833 bits per heavy atom. The molecular formula is C54H103NO5. The second-order valence-corrected chi connectivity index (χ2v) is 18.3. The number of esters is 1. The Labute approximate surface area is 373 Å². The van der Waals surface area contributed by atoms with E-state index in [-0.39, 0.29) is 24.9 Å². The van der Waals surface area contributed by atoms with Gasteiger partial charge in [-0.2, -0.15) is 0 Å². The van der Waals surface area contributed by atoms with Crippen LogP contribution in [-0.2, 0) is 14.3 Å². The van der Waals surface area contributed by atoms with Gasteiger partial charge in [-0.1, -0.05) is 244 Å². The minimum Gasteiger partial charge on any atom is -0.462 e. The molecule has 6 heteroatoms. The molecule has 60 heavy (non-hydrogen) atoms. The van der Waals surface area contributed by atoms with E-state index in [1.54, 1.807) is 0 Å². The summed E-state index contributed by atoms with van der Waals surface area (Å²) < 4.78 is 5.94. The molecule has 0 heterocycles. The Hall–Kier alpha value is -1.66. The average molecular weight is 846 g/mol. The van der Waals surface area contributed by atoms with Crippen molar-refractivity contribution in [2.24, 2.45) is 0 Å². The molecule has 0 bridgehead atoms. The number of hydrogen-bond donors (Lipinski definition) is 3. The van der Waals surface area contributed by atoms with E-state index in [9.17, 15) is 19.8 Å². The maximum atomic E-state index is 13.2. The second-order valence-electron chi connectivity index (χ2n) is 18.3. The number of aliphatic hydroxyl groups is 2. The van der Waals surface area contributed by atoms with Crippen molar-refractivity contribution >= 4 is 11.9 Å². The second kappa shape index (κ2) is 48.4. The van der Waals surface area contributed by atoms with Crippen molar-refractivity contribution in [1.29, 1.82) is 0 Å². The molecule has 0 aromatic rings. The van der Waals surface area contributed by atoms with E-state index in [2.05, 4.69) is 50.4 Å². The molecule has 0 aromatic heterocycles. The summed E-state index contributed by atoms with van der Waals surface area (Å²) in [6, 6.07) is -0.698. The van der Waals surface area contributed by atoms with Gasteiger partial charge in [0.2, 0.25) is 5.91 Å². The Bertz CT molecular complexity index is 950. The number of ether oxygens (including phenoxy) is 1. The minimum absolute atomic E-state index is 0.0785. The molecule has 0 aliphatic carbocycles. The highest BCUT2D eigenvalue weighted by Gasteiger charge is 2.24. The summed E-state index contributed by atoms with van der Waals surface area (Å²) in [6.45, 7) is 6.47. The fraction of sp³-hybridized carbons (Fsp3) is 0.889. The van der Waals surface area contributed by atoms with Gasteiger partial charge in [0.1, 0.15) is 6.10 Å². The highest BCUT2D eigenvalue weighted by atomic mass is 16.5. The number of carbonyl (C=O) groups is 2. The van der Waals surface area contributed by atoms with Crippen LogP contribution >= 0.6 is 0 Å². The highest BCUT2D eigenvalue weighted by Crippen LogP contribution is 2.18. The van der Waals surface area contributed by atoms with Crippen molar-refractivity contribution in [1.82, 2.24) is 5.32 Å². The van der Waals surface area contributed by atoms with Crippen molar-refractivity contribution in [2.75, 3.05) is 6.61 Å². The molecule has 0 rings (SSSR count). The molecule has 354 valence electrons. The molecule has 3 N–H and O–H groups in total. The molecule has 1 amide bonds. The predicted molar refractivity (Wildman–Crippen MR) is 260 cm³/mol. The molecule has 0 saturated carbocycles. The van der Waals surface area contributed by atoms with Crippen LogP contribution in [0.25, 0.3) is 0 Å². The number of amides is 1. The number of aliphatic hydroxyl groups excluding tert-OH is 2. The Morgan fingerprint density at radius 1 is 0.483 bits per heavy atom. The number of carbonyl (C=O) groups excluding carboxylic acids is 2. The summed E-state index contributed by atoms with van der Waals surface area (Å²) in [5.41, 5.74) is 0. The molecule has 0 fully saturated rings. The van der Waals surface area contributed by atoms with Crippen LogP contribution in [0.1, 0.15) is 284 Å². The van der Waals surface area contributed by atoms with Crippen molar-refractivity contribution < 1.29 is 24.5 Å². The van der Waals surface area contributed by atoms with Gasteiger partial charge < -0.3 is 20.3 Å². The van der Waals surface area contributed by atoms with Gasteiger partial charge in [0.25, 0.3) is 0 Å². The third-order valence-electron chi connectivity index (χ3n) is 12.3. The Kier molecular flexibility index (Phi) is 47.0. The normalized spacial score (nSPS) is 13.3. The third-order valence-corrected chi connectivity index (χ3v) is 12.3. The largest absolute Gasteiger partial charge is 0.462 e. The van der Waals surface area contributed by atoms with E-state index < -0.39 is 18.2 Å². The van der Waals surface area contributed by atoms with Crippen molar-refractivity contribution in [2.45, 2.75) is 302 Å². The van der Waals surface area contributed by atoms with Crippen LogP contribution in [-0.4, -0.2) is 46.9 Å². The third kappa shape index (κ3) is 43.0. The first-order valence-electron chi connectivity index (χ1n) is 26.6. The van der Waals surface area contributed by atoms with E-state index in [0.29, 0.717) is 19.3 Å². The lowest BCUT2D eigenvalue weighted by molar-refractivity contribution is -0.151. The number of nitrogens with one attached hydrogen (secondary N) is 1. The van der Waals surface area contributed by atoms with Crippen LogP contribution in [0, 0.1) is 0 Å². The summed E-state index contributed by atoms with van der Waals surface area (Å²) in [5.74, 6) is -0.472. The van der Waals surface area contributed by atoms with Crippen LogP contribution in [0.5, 0.6) is 0 Å². The van der Waals surface area contributed by atoms with Crippen molar-refractivity contribution in [3.05, 3.63) is 24.3 Å². The number of hydrogen-bond acceptors (Lipinski definition) is 5. The van der Waals surface area contributed by atoms with Crippen molar-refractivity contribution in [3.8, 4) is 0 Å². The molecule has 0 radical (unpaired) electrons. The quantitative estimate of drug-likeness (QED) is 0.0322. The maximum absolute atomic E-state index is 13.2. The fourth-order valence-electron chi connectivity index (χ4n) is 8.25. The summed E-state index contributed by atoms with van der Waals surface area (Å²) in [4.78, 5) is 26.2. The van der Waals surface area contributed by atoms with Gasteiger partial charge in [0.15, 0.2) is 0 Å². The zero-order valence-corrected chi connectivity index (χ0v) is 40.4. The van der Waals surface area contributed by atoms with E-state index >= 15 is 0 Å². The SMILES string of the molecule is CCCCC/C=C/C=C/CCCCCCCCC(=O)OC(CCCCCCCCCCCCCCCCC)CC(=O)NC(CO)C(O)CCCCCCCCCCCCC. The monoisotopic (exact) mass is 846 g/mol. The molecule has 3 atom stereocenters. The van der Waals surface area contributed by atoms with Gasteiger partial charge in [0.05, 0.1) is 25.2 Å². The van der Waals surface area contributed by atoms with Crippen LogP contribution < -0.4 is 5.32 Å². The van der Waals surface area contributed by atoms with Crippen LogP contribution in [0.2, 0.25) is 0 Å². The van der Waals surface area contributed by atoms with Gasteiger partial charge in [-0.25, -0.2) is 0 Å². The molecule has 6 nitrogen and oxygen atoms in total. The first kappa shape index (κ1) is 58.3. The standard InChI is InChI=1S/C54H103NO5/c1-4-7-10-13-16-19-22-24-26-28-31-33-36-39-42-45-50(60-54(59)47-44-41-38-35-32-29-27-25-23-20-17-14-11-8-5-2)48-53(58)55-51(49-56)52(57)46-43-40-37-34-30-21-18-15-12-9-6-3/h17,20,23,25,50-52,56-57H,4-16,18-19,21-22,24,26-49H2,1-3H3,(H,55,58)/b20-17+,25-23+. The van der Waals surface area contributed by atoms with Gasteiger partial charge in [0, 0.05) is 6.42 Å². The zero-order valence-electron chi connectivity index (χ0n) is 40.4. The molecule has 0 spiro atoms. The predicted octanol–water partition coefficient (Wildman–Crippen LogP) is 15.9. The van der Waals surface area contributed by atoms with Crippen LogP contribution in [0.3, 0.4) is 0 Å². The lowest BCUT2D eigenvalue weighted by atomic mass is 10.0. The van der Waals surface area contributed by atoms with Gasteiger partial charge in [-0.3, -0.25) is 9.59 Å². The smallest absolute Gasteiger partial charge is 0.306 e. The van der Waals surface area contributed by atoms with E-state index in [1.165, 1.54) is 186 Å². The Morgan fingerprint density at radius 3 is 1.27 bits per heavy atom. The summed E-state index contributed by atoms with van der Waals surface area (Å²) in [5, 5.41) is 23.8. The molecule has 0 saturated heterocycles. The fourth-order valence-corrected chi connectivity index (χ4v) is 8.25. The lowest BCUT2D eigenvalue weighted by Gasteiger charge is -2.24. The van der Waals surface area contributed by atoms with Crippen molar-refractivity contribution in [3.63, 3.8) is 0 Å². The summed E-state index contributed by atoms with van der Waals surface area (Å²) in [7, 11) is 0.